The van der Waals surface area contributed by atoms with E-state index in [-0.39, 0.29) is 6.07 Å². The second-order valence-electron chi connectivity index (χ2n) is 2.86. The van der Waals surface area contributed by atoms with Gasteiger partial charge in [-0.15, -0.1) is 0 Å². The van der Waals surface area contributed by atoms with Crippen molar-refractivity contribution in [3.63, 3.8) is 0 Å². The summed E-state index contributed by atoms with van der Waals surface area (Å²) in [6, 6.07) is 0.0130. The lowest BCUT2D eigenvalue weighted by Gasteiger charge is -2.13. The van der Waals surface area contributed by atoms with Crippen LogP contribution in [0.5, 0.6) is 0 Å². The maximum atomic E-state index is 12.6. The number of carboxylic acid groups (broad SMARTS) is 1. The second kappa shape index (κ2) is 4.22. The van der Waals surface area contributed by atoms with Crippen molar-refractivity contribution in [2.45, 2.75) is 12.6 Å². The highest BCUT2D eigenvalue weighted by molar-refractivity contribution is 5.89. The predicted molar refractivity (Wildman–Crippen MR) is 41.1 cm³/mol. The Morgan fingerprint density at radius 3 is 2.24 bits per heavy atom. The van der Waals surface area contributed by atoms with Gasteiger partial charge in [-0.05, 0) is 0 Å². The highest BCUT2D eigenvalue weighted by atomic mass is 19.4. The van der Waals surface area contributed by atoms with Gasteiger partial charge in [-0.2, -0.15) is 17.6 Å². The van der Waals surface area contributed by atoms with Crippen LogP contribution in [0, 0.1) is 5.95 Å². The molecule has 1 aromatic heterocycles. The Balaban J connectivity index is 3.64. The van der Waals surface area contributed by atoms with Gasteiger partial charge in [0.25, 0.3) is 6.43 Å². The maximum absolute atomic E-state index is 12.6. The number of hydrogen-bond donors (Lipinski definition) is 1. The van der Waals surface area contributed by atoms with Crippen LogP contribution in [-0.4, -0.2) is 16.1 Å². The van der Waals surface area contributed by atoms with Gasteiger partial charge < -0.3 is 5.11 Å². The van der Waals surface area contributed by atoms with Gasteiger partial charge in [0, 0.05) is 6.07 Å². The van der Waals surface area contributed by atoms with Crippen molar-refractivity contribution >= 4 is 5.97 Å². The molecule has 0 aliphatic rings. The minimum absolute atomic E-state index is 0.0130. The van der Waals surface area contributed by atoms with Gasteiger partial charge >= 0.3 is 12.1 Å². The lowest BCUT2D eigenvalue weighted by molar-refractivity contribution is -0.143. The largest absolute Gasteiger partial charge is 0.478 e. The standard InChI is InChI=1S/C8H3F6NO2/c9-3-1-2(7(16)17)4(6(10)11)5(15-3)8(12,13)14/h1,6H,(H,16,17). The molecule has 0 aliphatic carbocycles. The van der Waals surface area contributed by atoms with E-state index in [1.807, 2.05) is 0 Å². The van der Waals surface area contributed by atoms with E-state index < -0.39 is 41.3 Å². The molecule has 0 spiro atoms. The summed E-state index contributed by atoms with van der Waals surface area (Å²) >= 11 is 0. The van der Waals surface area contributed by atoms with Crippen LogP contribution < -0.4 is 0 Å². The molecule has 0 saturated carbocycles. The first-order chi connectivity index (χ1) is 7.64. The van der Waals surface area contributed by atoms with Crippen LogP contribution in [0.25, 0.3) is 0 Å². The molecule has 1 rings (SSSR count). The smallest absolute Gasteiger partial charge is 0.433 e. The quantitative estimate of drug-likeness (QED) is 0.656. The van der Waals surface area contributed by atoms with Crippen molar-refractivity contribution in [2.24, 2.45) is 0 Å². The van der Waals surface area contributed by atoms with Crippen molar-refractivity contribution in [1.82, 2.24) is 4.98 Å². The predicted octanol–water partition coefficient (Wildman–Crippen LogP) is 2.88. The number of alkyl halides is 5. The fourth-order valence-corrected chi connectivity index (χ4v) is 1.14. The molecule has 1 heterocycles. The Morgan fingerprint density at radius 1 is 1.35 bits per heavy atom. The van der Waals surface area contributed by atoms with E-state index in [9.17, 15) is 31.1 Å². The van der Waals surface area contributed by atoms with Gasteiger partial charge in [-0.3, -0.25) is 0 Å². The van der Waals surface area contributed by atoms with Crippen molar-refractivity contribution in [3.05, 3.63) is 28.8 Å². The molecule has 0 aromatic carbocycles. The highest BCUT2D eigenvalue weighted by Crippen LogP contribution is 2.36. The van der Waals surface area contributed by atoms with Gasteiger partial charge in [0.05, 0.1) is 11.1 Å². The fourth-order valence-electron chi connectivity index (χ4n) is 1.14. The van der Waals surface area contributed by atoms with E-state index in [0.29, 0.717) is 0 Å². The third-order valence-corrected chi connectivity index (χ3v) is 1.74. The van der Waals surface area contributed by atoms with E-state index in [1.165, 1.54) is 0 Å². The first-order valence-corrected chi connectivity index (χ1v) is 3.93. The summed E-state index contributed by atoms with van der Waals surface area (Å²) in [5.74, 6) is -3.88. The number of carboxylic acids is 1. The SMILES string of the molecule is O=C(O)c1cc(F)nc(C(F)(F)F)c1C(F)F. The molecule has 0 atom stereocenters. The molecule has 0 radical (unpaired) electrons. The molecule has 0 amide bonds. The minimum Gasteiger partial charge on any atom is -0.478 e. The van der Waals surface area contributed by atoms with E-state index in [4.69, 9.17) is 5.11 Å². The number of halogens is 6. The van der Waals surface area contributed by atoms with E-state index >= 15 is 0 Å². The Kier molecular flexibility index (Phi) is 3.30. The fraction of sp³-hybridized carbons (Fsp3) is 0.250. The number of aromatic carboxylic acids is 1. The molecule has 0 bridgehead atoms. The molecule has 1 aromatic rings. The van der Waals surface area contributed by atoms with Gasteiger partial charge in [0.2, 0.25) is 5.95 Å². The average Bonchev–Trinajstić information content (AvgIpc) is 2.14. The normalized spacial score (nSPS) is 11.9. The topological polar surface area (TPSA) is 50.2 Å². The first-order valence-electron chi connectivity index (χ1n) is 3.93. The molecule has 9 heteroatoms. The molecule has 17 heavy (non-hydrogen) atoms. The second-order valence-corrected chi connectivity index (χ2v) is 2.86. The summed E-state index contributed by atoms with van der Waals surface area (Å²) in [5, 5.41) is 8.43. The lowest BCUT2D eigenvalue weighted by atomic mass is 10.1. The average molecular weight is 259 g/mol. The van der Waals surface area contributed by atoms with Gasteiger partial charge in [0.1, 0.15) is 0 Å². The monoisotopic (exact) mass is 259 g/mol. The van der Waals surface area contributed by atoms with Crippen LogP contribution in [0.1, 0.15) is 28.0 Å². The zero-order valence-corrected chi connectivity index (χ0v) is 7.73. The molecule has 0 unspecified atom stereocenters. The number of nitrogens with zero attached hydrogens (tertiary/aromatic N) is 1. The van der Waals surface area contributed by atoms with E-state index in [2.05, 4.69) is 4.98 Å². The van der Waals surface area contributed by atoms with Crippen LogP contribution >= 0.6 is 0 Å². The number of rotatable bonds is 2. The summed E-state index contributed by atoms with van der Waals surface area (Å²) in [5.41, 5.74) is -5.53. The number of pyridine rings is 1. The molecule has 1 N–H and O–H groups in total. The Hall–Kier alpha value is -1.80. The molecule has 0 fully saturated rings. The summed E-state index contributed by atoms with van der Waals surface area (Å²) in [7, 11) is 0. The molecule has 94 valence electrons. The number of hydrogen-bond acceptors (Lipinski definition) is 2. The van der Waals surface area contributed by atoms with Gasteiger partial charge in [-0.1, -0.05) is 0 Å². The van der Waals surface area contributed by atoms with E-state index in [1.54, 1.807) is 0 Å². The molecular weight excluding hydrogens is 256 g/mol. The number of aromatic nitrogens is 1. The van der Waals surface area contributed by atoms with Crippen LogP contribution in [0.15, 0.2) is 6.07 Å². The Bertz CT molecular complexity index is 456. The third-order valence-electron chi connectivity index (χ3n) is 1.74. The Morgan fingerprint density at radius 2 is 1.88 bits per heavy atom. The summed E-state index contributed by atoms with van der Waals surface area (Å²) < 4.78 is 74.2. The van der Waals surface area contributed by atoms with Gasteiger partial charge in [0.15, 0.2) is 5.69 Å². The minimum atomic E-state index is -5.36. The molecule has 3 nitrogen and oxygen atoms in total. The third kappa shape index (κ3) is 2.66. The van der Waals surface area contributed by atoms with E-state index in [0.717, 1.165) is 0 Å². The molecule has 0 aliphatic heterocycles. The number of carbonyl (C=O) groups is 1. The summed E-state index contributed by atoms with van der Waals surface area (Å²) in [4.78, 5) is 12.7. The molecule has 0 saturated heterocycles. The Labute approximate surface area is 89.7 Å². The maximum Gasteiger partial charge on any atom is 0.433 e. The zero-order valence-electron chi connectivity index (χ0n) is 7.73. The lowest BCUT2D eigenvalue weighted by Crippen LogP contribution is -2.17. The summed E-state index contributed by atoms with van der Waals surface area (Å²) in [6.07, 6.45) is -9.09. The van der Waals surface area contributed by atoms with Crippen molar-refractivity contribution in [1.29, 1.82) is 0 Å². The highest BCUT2D eigenvalue weighted by Gasteiger charge is 2.40. The van der Waals surface area contributed by atoms with Crippen LogP contribution in [0.4, 0.5) is 26.3 Å². The van der Waals surface area contributed by atoms with Crippen LogP contribution in [0.2, 0.25) is 0 Å². The van der Waals surface area contributed by atoms with Crippen molar-refractivity contribution in [3.8, 4) is 0 Å². The first kappa shape index (κ1) is 13.3. The molecular formula is C8H3F6NO2. The van der Waals surface area contributed by atoms with Crippen LogP contribution in [-0.2, 0) is 6.18 Å². The zero-order chi connectivity index (χ0) is 13.4. The van der Waals surface area contributed by atoms with Gasteiger partial charge in [-0.25, -0.2) is 18.6 Å². The van der Waals surface area contributed by atoms with Crippen molar-refractivity contribution in [2.75, 3.05) is 0 Å². The summed E-state index contributed by atoms with van der Waals surface area (Å²) in [6.45, 7) is 0. The van der Waals surface area contributed by atoms with Crippen LogP contribution in [0.3, 0.4) is 0 Å². The van der Waals surface area contributed by atoms with Crippen molar-refractivity contribution < 1.29 is 36.2 Å².